The molecule has 1 aromatic heterocycles. The van der Waals surface area contributed by atoms with Crippen molar-refractivity contribution in [2.24, 2.45) is 0 Å². The van der Waals surface area contributed by atoms with Crippen molar-refractivity contribution in [3.8, 4) is 5.75 Å². The lowest BCUT2D eigenvalue weighted by molar-refractivity contribution is 0.102. The van der Waals surface area contributed by atoms with Crippen LogP contribution in [0.3, 0.4) is 0 Å². The largest absolute Gasteiger partial charge is 0.489 e. The third-order valence-electron chi connectivity index (χ3n) is 2.54. The van der Waals surface area contributed by atoms with Gasteiger partial charge in [0.25, 0.3) is 5.91 Å². The van der Waals surface area contributed by atoms with Gasteiger partial charge in [0.2, 0.25) is 5.95 Å². The molecule has 2 aromatic rings. The Kier molecular flexibility index (Phi) is 4.75. The number of pyridine rings is 1. The van der Waals surface area contributed by atoms with Crippen molar-refractivity contribution in [2.45, 2.75) is 20.0 Å². The standard InChI is InChI=1S/C15H14ClFN2O2/c1-9(2)21-13-5-4-11(7-12(13)16)19-15(20)10-3-6-14(17)18-8-10/h3-9H,1-2H3,(H,19,20). The molecule has 0 aliphatic heterocycles. The zero-order chi connectivity index (χ0) is 15.4. The van der Waals surface area contributed by atoms with Gasteiger partial charge in [-0.05, 0) is 44.2 Å². The summed E-state index contributed by atoms with van der Waals surface area (Å²) in [6, 6.07) is 7.43. The summed E-state index contributed by atoms with van der Waals surface area (Å²) in [6.07, 6.45) is 1.18. The number of nitrogens with zero attached hydrogens (tertiary/aromatic N) is 1. The Morgan fingerprint density at radius 2 is 2.10 bits per heavy atom. The Balaban J connectivity index is 2.11. The van der Waals surface area contributed by atoms with Crippen LogP contribution in [0.5, 0.6) is 5.75 Å². The van der Waals surface area contributed by atoms with Crippen LogP contribution in [-0.4, -0.2) is 17.0 Å². The third-order valence-corrected chi connectivity index (χ3v) is 2.84. The zero-order valence-corrected chi connectivity index (χ0v) is 12.3. The number of carbonyl (C=O) groups is 1. The smallest absolute Gasteiger partial charge is 0.257 e. The number of amides is 1. The molecule has 1 amide bonds. The minimum absolute atomic E-state index is 0.00762. The molecule has 0 atom stereocenters. The van der Waals surface area contributed by atoms with Crippen LogP contribution in [0.15, 0.2) is 36.5 Å². The van der Waals surface area contributed by atoms with E-state index < -0.39 is 11.9 Å². The quantitative estimate of drug-likeness (QED) is 0.871. The number of nitrogens with one attached hydrogen (secondary N) is 1. The van der Waals surface area contributed by atoms with Crippen molar-refractivity contribution in [1.82, 2.24) is 4.98 Å². The second-order valence-corrected chi connectivity index (χ2v) is 5.04. The second kappa shape index (κ2) is 6.54. The van der Waals surface area contributed by atoms with Crippen molar-refractivity contribution < 1.29 is 13.9 Å². The van der Waals surface area contributed by atoms with E-state index in [1.54, 1.807) is 18.2 Å². The van der Waals surface area contributed by atoms with Crippen molar-refractivity contribution in [3.63, 3.8) is 0 Å². The molecule has 1 aromatic carbocycles. The molecule has 0 aliphatic rings. The fraction of sp³-hybridized carbons (Fsp3) is 0.200. The van der Waals surface area contributed by atoms with E-state index in [9.17, 15) is 9.18 Å². The van der Waals surface area contributed by atoms with E-state index >= 15 is 0 Å². The molecule has 0 fully saturated rings. The highest BCUT2D eigenvalue weighted by Gasteiger charge is 2.09. The molecule has 0 unspecified atom stereocenters. The SMILES string of the molecule is CC(C)Oc1ccc(NC(=O)c2ccc(F)nc2)cc1Cl. The maximum Gasteiger partial charge on any atom is 0.257 e. The van der Waals surface area contributed by atoms with E-state index in [0.29, 0.717) is 16.5 Å². The minimum atomic E-state index is -0.634. The zero-order valence-electron chi connectivity index (χ0n) is 11.6. The van der Waals surface area contributed by atoms with Crippen molar-refractivity contribution in [2.75, 3.05) is 5.32 Å². The van der Waals surface area contributed by atoms with Crippen molar-refractivity contribution in [3.05, 3.63) is 53.1 Å². The molecular weight excluding hydrogens is 295 g/mol. The molecular formula is C15H14ClFN2O2. The van der Waals surface area contributed by atoms with Crippen LogP contribution < -0.4 is 10.1 Å². The number of hydrogen-bond donors (Lipinski definition) is 1. The fourth-order valence-electron chi connectivity index (χ4n) is 1.64. The van der Waals surface area contributed by atoms with Gasteiger partial charge in [0.05, 0.1) is 16.7 Å². The fourth-order valence-corrected chi connectivity index (χ4v) is 1.87. The molecule has 1 heterocycles. The van der Waals surface area contributed by atoms with Crippen LogP contribution in [0.1, 0.15) is 24.2 Å². The lowest BCUT2D eigenvalue weighted by atomic mass is 10.2. The summed E-state index contributed by atoms with van der Waals surface area (Å²) in [5.41, 5.74) is 0.778. The Hall–Kier alpha value is -2.14. The van der Waals surface area contributed by atoms with Crippen LogP contribution in [0.25, 0.3) is 0 Å². The molecule has 0 saturated heterocycles. The van der Waals surface area contributed by atoms with Gasteiger partial charge in [0, 0.05) is 11.9 Å². The number of ether oxygens (including phenoxy) is 1. The first-order chi connectivity index (χ1) is 9.95. The van der Waals surface area contributed by atoms with Gasteiger partial charge in [-0.2, -0.15) is 4.39 Å². The van der Waals surface area contributed by atoms with E-state index in [1.807, 2.05) is 13.8 Å². The van der Waals surface area contributed by atoms with Crippen molar-refractivity contribution >= 4 is 23.2 Å². The lowest BCUT2D eigenvalue weighted by Crippen LogP contribution is -2.12. The maximum absolute atomic E-state index is 12.7. The molecule has 110 valence electrons. The highest BCUT2D eigenvalue weighted by Crippen LogP contribution is 2.28. The Morgan fingerprint density at radius 1 is 1.33 bits per heavy atom. The Morgan fingerprint density at radius 3 is 2.67 bits per heavy atom. The highest BCUT2D eigenvalue weighted by atomic mass is 35.5. The predicted octanol–water partition coefficient (Wildman–Crippen LogP) is 3.91. The predicted molar refractivity (Wildman–Crippen MR) is 79.4 cm³/mol. The molecule has 4 nitrogen and oxygen atoms in total. The van der Waals surface area contributed by atoms with Gasteiger partial charge in [0.15, 0.2) is 0 Å². The van der Waals surface area contributed by atoms with Gasteiger partial charge in [-0.1, -0.05) is 11.6 Å². The van der Waals surface area contributed by atoms with Gasteiger partial charge in [-0.3, -0.25) is 4.79 Å². The average molecular weight is 309 g/mol. The summed E-state index contributed by atoms with van der Waals surface area (Å²) in [4.78, 5) is 15.4. The lowest BCUT2D eigenvalue weighted by Gasteiger charge is -2.12. The summed E-state index contributed by atoms with van der Waals surface area (Å²) in [5, 5.41) is 3.06. The molecule has 21 heavy (non-hydrogen) atoms. The first kappa shape index (κ1) is 15.3. The molecule has 0 aliphatic carbocycles. The average Bonchev–Trinajstić information content (AvgIpc) is 2.42. The molecule has 1 N–H and O–H groups in total. The first-order valence-electron chi connectivity index (χ1n) is 6.35. The van der Waals surface area contributed by atoms with Gasteiger partial charge in [-0.15, -0.1) is 0 Å². The van der Waals surface area contributed by atoms with Gasteiger partial charge >= 0.3 is 0 Å². The van der Waals surface area contributed by atoms with E-state index in [0.717, 1.165) is 6.07 Å². The number of aromatic nitrogens is 1. The molecule has 0 radical (unpaired) electrons. The minimum Gasteiger partial charge on any atom is -0.489 e. The van der Waals surface area contributed by atoms with E-state index in [2.05, 4.69) is 10.3 Å². The number of benzene rings is 1. The molecule has 2 rings (SSSR count). The van der Waals surface area contributed by atoms with Crippen LogP contribution in [0.4, 0.5) is 10.1 Å². The van der Waals surface area contributed by atoms with Gasteiger partial charge in [0.1, 0.15) is 5.75 Å². The Labute approximate surface area is 126 Å². The number of anilines is 1. The van der Waals surface area contributed by atoms with Crippen LogP contribution in [0.2, 0.25) is 5.02 Å². The normalized spacial score (nSPS) is 10.5. The molecule has 6 heteroatoms. The Bertz CT molecular complexity index is 645. The maximum atomic E-state index is 12.7. The van der Waals surface area contributed by atoms with E-state index in [-0.39, 0.29) is 11.7 Å². The van der Waals surface area contributed by atoms with E-state index in [4.69, 9.17) is 16.3 Å². The van der Waals surface area contributed by atoms with Crippen LogP contribution in [-0.2, 0) is 0 Å². The monoisotopic (exact) mass is 308 g/mol. The first-order valence-corrected chi connectivity index (χ1v) is 6.72. The van der Waals surface area contributed by atoms with Gasteiger partial charge in [-0.25, -0.2) is 4.98 Å². The summed E-state index contributed by atoms with van der Waals surface area (Å²) in [7, 11) is 0. The number of rotatable bonds is 4. The third kappa shape index (κ3) is 4.16. The van der Waals surface area contributed by atoms with Crippen LogP contribution >= 0.6 is 11.6 Å². The highest BCUT2D eigenvalue weighted by molar-refractivity contribution is 6.32. The van der Waals surface area contributed by atoms with E-state index in [1.165, 1.54) is 12.3 Å². The number of hydrogen-bond acceptors (Lipinski definition) is 3. The molecule has 0 bridgehead atoms. The van der Waals surface area contributed by atoms with Crippen molar-refractivity contribution in [1.29, 1.82) is 0 Å². The summed E-state index contributed by atoms with van der Waals surface area (Å²) in [5.74, 6) is -0.478. The summed E-state index contributed by atoms with van der Waals surface area (Å²) >= 11 is 6.09. The summed E-state index contributed by atoms with van der Waals surface area (Å²) in [6.45, 7) is 3.79. The second-order valence-electron chi connectivity index (χ2n) is 4.64. The topological polar surface area (TPSA) is 51.2 Å². The number of carbonyl (C=O) groups excluding carboxylic acids is 1. The summed E-state index contributed by atoms with van der Waals surface area (Å²) < 4.78 is 18.2. The molecule has 0 saturated carbocycles. The number of halogens is 2. The van der Waals surface area contributed by atoms with Gasteiger partial charge < -0.3 is 10.1 Å². The molecule has 0 spiro atoms. The van der Waals surface area contributed by atoms with Crippen LogP contribution in [0, 0.1) is 5.95 Å².